The lowest BCUT2D eigenvalue weighted by Gasteiger charge is -1.98. The fourth-order valence-electron chi connectivity index (χ4n) is 1.07. The predicted octanol–water partition coefficient (Wildman–Crippen LogP) is 4.04. The number of rotatable bonds is 3. The number of benzene rings is 1. The average Bonchev–Trinajstić information content (AvgIpc) is 2.35. The van der Waals surface area contributed by atoms with Crippen LogP contribution in [0.25, 0.3) is 0 Å². The first-order valence-corrected chi connectivity index (χ1v) is 5.88. The van der Waals surface area contributed by atoms with E-state index in [0.717, 1.165) is 18.3 Å². The summed E-state index contributed by atoms with van der Waals surface area (Å²) < 4.78 is 0. The Balaban J connectivity index is 0. The third-order valence-corrected chi connectivity index (χ3v) is 1.72. The van der Waals surface area contributed by atoms with Gasteiger partial charge in [-0.05, 0) is 17.5 Å². The molecule has 86 valence electrons. The molecule has 0 heterocycles. The molecule has 1 aromatic carbocycles. The summed E-state index contributed by atoms with van der Waals surface area (Å²) in [6, 6.07) is 8.13. The van der Waals surface area contributed by atoms with Crippen LogP contribution in [-0.4, -0.2) is 6.29 Å². The molecule has 0 aromatic heterocycles. The Kier molecular flexibility index (Phi) is 14.0. The SMILES string of the molecule is CC.CC.CCc1cccc(CC=O)c1. The molecular weight excluding hydrogens is 184 g/mol. The highest BCUT2D eigenvalue weighted by atomic mass is 16.1. The van der Waals surface area contributed by atoms with Crippen molar-refractivity contribution >= 4 is 6.29 Å². The molecule has 0 aliphatic carbocycles. The summed E-state index contributed by atoms with van der Waals surface area (Å²) in [6.45, 7) is 10.1. The molecule has 0 amide bonds. The molecule has 0 N–H and O–H groups in total. The molecule has 1 rings (SSSR count). The first-order chi connectivity index (χ1) is 7.36. The van der Waals surface area contributed by atoms with Crippen LogP contribution in [0.2, 0.25) is 0 Å². The lowest BCUT2D eigenvalue weighted by Crippen LogP contribution is -1.87. The van der Waals surface area contributed by atoms with Gasteiger partial charge in [0.25, 0.3) is 0 Å². The van der Waals surface area contributed by atoms with Gasteiger partial charge in [0.15, 0.2) is 0 Å². The highest BCUT2D eigenvalue weighted by Crippen LogP contribution is 2.05. The summed E-state index contributed by atoms with van der Waals surface area (Å²) in [5, 5.41) is 0. The zero-order valence-electron chi connectivity index (χ0n) is 10.7. The van der Waals surface area contributed by atoms with Crippen molar-refractivity contribution in [2.24, 2.45) is 0 Å². The largest absolute Gasteiger partial charge is 0.303 e. The Labute approximate surface area is 94.5 Å². The summed E-state index contributed by atoms with van der Waals surface area (Å²) in [5.41, 5.74) is 2.41. The van der Waals surface area contributed by atoms with Crippen molar-refractivity contribution in [3.8, 4) is 0 Å². The van der Waals surface area contributed by atoms with Crippen LogP contribution in [-0.2, 0) is 17.6 Å². The second-order valence-corrected chi connectivity index (χ2v) is 2.54. The van der Waals surface area contributed by atoms with Crippen LogP contribution >= 0.6 is 0 Å². The van der Waals surface area contributed by atoms with Crippen molar-refractivity contribution in [1.29, 1.82) is 0 Å². The summed E-state index contributed by atoms with van der Waals surface area (Å²) in [6.07, 6.45) is 2.51. The van der Waals surface area contributed by atoms with Crippen molar-refractivity contribution in [3.63, 3.8) is 0 Å². The Morgan fingerprint density at radius 1 is 1.07 bits per heavy atom. The number of aldehydes is 1. The van der Waals surface area contributed by atoms with Gasteiger partial charge < -0.3 is 4.79 Å². The first-order valence-electron chi connectivity index (χ1n) is 5.88. The summed E-state index contributed by atoms with van der Waals surface area (Å²) in [7, 11) is 0. The first kappa shape index (κ1) is 16.3. The van der Waals surface area contributed by atoms with Gasteiger partial charge in [0.2, 0.25) is 0 Å². The van der Waals surface area contributed by atoms with Gasteiger partial charge >= 0.3 is 0 Å². The topological polar surface area (TPSA) is 17.1 Å². The lowest BCUT2D eigenvalue weighted by molar-refractivity contribution is -0.107. The molecule has 0 atom stereocenters. The van der Waals surface area contributed by atoms with Crippen LogP contribution in [0.1, 0.15) is 45.7 Å². The molecule has 1 heteroatoms. The van der Waals surface area contributed by atoms with E-state index in [0.29, 0.717) is 6.42 Å². The molecule has 15 heavy (non-hydrogen) atoms. The number of hydrogen-bond acceptors (Lipinski definition) is 1. The van der Waals surface area contributed by atoms with Gasteiger partial charge in [0.1, 0.15) is 6.29 Å². The zero-order valence-corrected chi connectivity index (χ0v) is 10.7. The Bertz CT molecular complexity index is 241. The minimum absolute atomic E-state index is 0.536. The van der Waals surface area contributed by atoms with E-state index in [9.17, 15) is 4.79 Å². The smallest absolute Gasteiger partial charge is 0.124 e. The summed E-state index contributed by atoms with van der Waals surface area (Å²) >= 11 is 0. The predicted molar refractivity (Wildman–Crippen MR) is 68.3 cm³/mol. The Hall–Kier alpha value is -1.11. The van der Waals surface area contributed by atoms with Crippen molar-refractivity contribution in [2.75, 3.05) is 0 Å². The quantitative estimate of drug-likeness (QED) is 0.685. The fraction of sp³-hybridized carbons (Fsp3) is 0.500. The molecule has 0 aliphatic rings. The van der Waals surface area contributed by atoms with E-state index in [4.69, 9.17) is 0 Å². The highest BCUT2D eigenvalue weighted by molar-refractivity contribution is 5.55. The Morgan fingerprint density at radius 2 is 1.60 bits per heavy atom. The maximum absolute atomic E-state index is 10.2. The van der Waals surface area contributed by atoms with Crippen LogP contribution in [0.15, 0.2) is 24.3 Å². The van der Waals surface area contributed by atoms with Gasteiger partial charge in [-0.2, -0.15) is 0 Å². The van der Waals surface area contributed by atoms with Crippen molar-refractivity contribution < 1.29 is 4.79 Å². The number of hydrogen-bond donors (Lipinski definition) is 0. The van der Waals surface area contributed by atoms with E-state index in [1.165, 1.54) is 5.56 Å². The van der Waals surface area contributed by atoms with Crippen LogP contribution < -0.4 is 0 Å². The molecule has 0 radical (unpaired) electrons. The highest BCUT2D eigenvalue weighted by Gasteiger charge is 1.91. The van der Waals surface area contributed by atoms with Crippen LogP contribution in [0, 0.1) is 0 Å². The van der Waals surface area contributed by atoms with Gasteiger partial charge in [-0.15, -0.1) is 0 Å². The second kappa shape index (κ2) is 12.9. The lowest BCUT2D eigenvalue weighted by atomic mass is 10.1. The maximum atomic E-state index is 10.2. The van der Waals surface area contributed by atoms with E-state index in [1.807, 2.05) is 39.8 Å². The number of carbonyl (C=O) groups is 1. The van der Waals surface area contributed by atoms with Crippen molar-refractivity contribution in [3.05, 3.63) is 35.4 Å². The minimum atomic E-state index is 0.536. The van der Waals surface area contributed by atoms with E-state index in [-0.39, 0.29) is 0 Å². The summed E-state index contributed by atoms with van der Waals surface area (Å²) in [4.78, 5) is 10.2. The third kappa shape index (κ3) is 7.92. The van der Waals surface area contributed by atoms with Crippen molar-refractivity contribution in [2.45, 2.75) is 47.5 Å². The molecule has 0 bridgehead atoms. The molecule has 0 spiro atoms. The zero-order chi connectivity index (χ0) is 12.1. The van der Waals surface area contributed by atoms with Crippen LogP contribution in [0.3, 0.4) is 0 Å². The molecule has 1 nitrogen and oxygen atoms in total. The maximum Gasteiger partial charge on any atom is 0.124 e. The van der Waals surface area contributed by atoms with E-state index in [2.05, 4.69) is 19.1 Å². The molecule has 0 aliphatic heterocycles. The molecular formula is C14H24O. The minimum Gasteiger partial charge on any atom is -0.303 e. The normalized spacial score (nSPS) is 7.80. The van der Waals surface area contributed by atoms with E-state index >= 15 is 0 Å². The standard InChI is InChI=1S/C10H12O.2C2H6/c1-2-9-4-3-5-10(8-9)6-7-11;2*1-2/h3-5,7-8H,2,6H2,1H3;2*1-2H3. The third-order valence-electron chi connectivity index (χ3n) is 1.72. The molecule has 1 aromatic rings. The molecule has 0 unspecified atom stereocenters. The van der Waals surface area contributed by atoms with Crippen LogP contribution in [0.4, 0.5) is 0 Å². The van der Waals surface area contributed by atoms with Crippen LogP contribution in [0.5, 0.6) is 0 Å². The van der Waals surface area contributed by atoms with Gasteiger partial charge in [0.05, 0.1) is 0 Å². The van der Waals surface area contributed by atoms with Gasteiger partial charge in [-0.1, -0.05) is 58.9 Å². The van der Waals surface area contributed by atoms with E-state index < -0.39 is 0 Å². The number of aryl methyl sites for hydroxylation is 1. The van der Waals surface area contributed by atoms with Crippen molar-refractivity contribution in [1.82, 2.24) is 0 Å². The average molecular weight is 208 g/mol. The monoisotopic (exact) mass is 208 g/mol. The van der Waals surface area contributed by atoms with E-state index in [1.54, 1.807) is 0 Å². The second-order valence-electron chi connectivity index (χ2n) is 2.54. The number of carbonyl (C=O) groups excluding carboxylic acids is 1. The van der Waals surface area contributed by atoms with Gasteiger partial charge in [-0.3, -0.25) is 0 Å². The van der Waals surface area contributed by atoms with Gasteiger partial charge in [0, 0.05) is 6.42 Å². The molecule has 0 fully saturated rings. The fourth-order valence-corrected chi connectivity index (χ4v) is 1.07. The molecule has 0 saturated carbocycles. The van der Waals surface area contributed by atoms with Gasteiger partial charge in [-0.25, -0.2) is 0 Å². The summed E-state index contributed by atoms with van der Waals surface area (Å²) in [5.74, 6) is 0. The Morgan fingerprint density at radius 3 is 2.07 bits per heavy atom. The molecule has 0 saturated heterocycles.